The molecule has 0 aromatic heterocycles. The predicted octanol–water partition coefficient (Wildman–Crippen LogP) is 3.80. The van der Waals surface area contributed by atoms with Crippen molar-refractivity contribution in [3.8, 4) is 5.75 Å². The molecule has 0 spiro atoms. The average Bonchev–Trinajstić information content (AvgIpc) is 2.52. The van der Waals surface area contributed by atoms with Gasteiger partial charge in [-0.05, 0) is 48.9 Å². The average molecular weight is 381 g/mol. The molecule has 0 radical (unpaired) electrons. The van der Waals surface area contributed by atoms with E-state index in [1.165, 1.54) is 0 Å². The number of carboxylic acids is 1. The Morgan fingerprint density at radius 2 is 2.04 bits per heavy atom. The molecule has 124 valence electrons. The van der Waals surface area contributed by atoms with E-state index in [1.54, 1.807) is 26.2 Å². The third kappa shape index (κ3) is 2.16. The van der Waals surface area contributed by atoms with Crippen molar-refractivity contribution in [2.45, 2.75) is 43.4 Å². The lowest BCUT2D eigenvalue weighted by Crippen LogP contribution is -2.58. The highest BCUT2D eigenvalue weighted by atomic mass is 79.9. The largest absolute Gasteiger partial charge is 0.497 e. The van der Waals surface area contributed by atoms with E-state index in [4.69, 9.17) is 4.74 Å². The lowest BCUT2D eigenvalue weighted by atomic mass is 9.49. The van der Waals surface area contributed by atoms with Crippen molar-refractivity contribution >= 4 is 27.7 Å². The lowest BCUT2D eigenvalue weighted by Gasteiger charge is -2.54. The van der Waals surface area contributed by atoms with Gasteiger partial charge in [0.05, 0.1) is 17.4 Å². The molecule has 1 N–H and O–H groups in total. The maximum Gasteiger partial charge on any atom is 0.309 e. The van der Waals surface area contributed by atoms with Gasteiger partial charge in [-0.1, -0.05) is 29.3 Å². The molecule has 1 aromatic rings. The summed E-state index contributed by atoms with van der Waals surface area (Å²) in [6.07, 6.45) is 2.30. The van der Waals surface area contributed by atoms with Gasteiger partial charge < -0.3 is 9.84 Å². The Bertz CT molecular complexity index is 686. The molecule has 1 fully saturated rings. The SMILES string of the molecule is COc1ccc2c(c1)[C@@]1(C)CCC[C@@](C)(C(=O)O)[C@@H]1[C@H](Br)C2=O. The number of fused-ring (bicyclic) bond motifs is 3. The van der Waals surface area contributed by atoms with Crippen LogP contribution in [0.25, 0.3) is 0 Å². The fraction of sp³-hybridized carbons (Fsp3) is 0.556. The van der Waals surface area contributed by atoms with E-state index in [-0.39, 0.29) is 17.1 Å². The number of carbonyl (C=O) groups excluding carboxylic acids is 1. The smallest absolute Gasteiger partial charge is 0.309 e. The molecule has 5 heteroatoms. The van der Waals surface area contributed by atoms with Crippen LogP contribution in [0.3, 0.4) is 0 Å². The zero-order valence-corrected chi connectivity index (χ0v) is 15.1. The number of rotatable bonds is 2. The molecule has 4 atom stereocenters. The molecular weight excluding hydrogens is 360 g/mol. The summed E-state index contributed by atoms with van der Waals surface area (Å²) in [6, 6.07) is 5.50. The molecular formula is C18H21BrO4. The van der Waals surface area contributed by atoms with E-state index < -0.39 is 16.2 Å². The van der Waals surface area contributed by atoms with Gasteiger partial charge in [0.25, 0.3) is 0 Å². The number of hydrogen-bond donors (Lipinski definition) is 1. The molecule has 0 unspecified atom stereocenters. The first-order chi connectivity index (χ1) is 10.8. The summed E-state index contributed by atoms with van der Waals surface area (Å²) in [7, 11) is 1.60. The molecule has 0 bridgehead atoms. The number of ether oxygens (including phenoxy) is 1. The summed E-state index contributed by atoms with van der Waals surface area (Å²) >= 11 is 3.54. The van der Waals surface area contributed by atoms with Crippen molar-refractivity contribution in [1.82, 2.24) is 0 Å². The Morgan fingerprint density at radius 3 is 2.65 bits per heavy atom. The maximum absolute atomic E-state index is 12.8. The Balaban J connectivity index is 2.25. The minimum atomic E-state index is -0.919. The third-order valence-corrected chi connectivity index (χ3v) is 6.85. The van der Waals surface area contributed by atoms with Gasteiger partial charge >= 0.3 is 5.97 Å². The van der Waals surface area contributed by atoms with Crippen molar-refractivity contribution < 1.29 is 19.4 Å². The highest BCUT2D eigenvalue weighted by Crippen LogP contribution is 2.59. The zero-order valence-electron chi connectivity index (χ0n) is 13.6. The van der Waals surface area contributed by atoms with Crippen LogP contribution in [0.2, 0.25) is 0 Å². The summed E-state index contributed by atoms with van der Waals surface area (Å²) in [5.74, 6) is -0.433. The normalized spacial score (nSPS) is 36.1. The maximum atomic E-state index is 12.8. The van der Waals surface area contributed by atoms with Crippen LogP contribution in [0.15, 0.2) is 18.2 Å². The van der Waals surface area contributed by atoms with Gasteiger partial charge in [0.1, 0.15) is 5.75 Å². The van der Waals surface area contributed by atoms with E-state index in [1.807, 2.05) is 6.07 Å². The van der Waals surface area contributed by atoms with Crippen molar-refractivity contribution in [3.63, 3.8) is 0 Å². The van der Waals surface area contributed by atoms with Crippen LogP contribution in [0.5, 0.6) is 5.75 Å². The van der Waals surface area contributed by atoms with Crippen LogP contribution in [0.1, 0.15) is 49.0 Å². The molecule has 0 aliphatic heterocycles. The second-order valence-electron chi connectivity index (χ2n) is 7.15. The molecule has 2 aliphatic carbocycles. The second-order valence-corrected chi connectivity index (χ2v) is 8.14. The number of Topliss-reactive ketones (excluding diaryl/α,β-unsaturated/α-hetero) is 1. The van der Waals surface area contributed by atoms with Gasteiger partial charge in [0, 0.05) is 11.5 Å². The van der Waals surface area contributed by atoms with E-state index in [2.05, 4.69) is 22.9 Å². The lowest BCUT2D eigenvalue weighted by molar-refractivity contribution is -0.156. The fourth-order valence-electron chi connectivity index (χ4n) is 4.66. The number of hydrogen-bond acceptors (Lipinski definition) is 3. The zero-order chi connectivity index (χ0) is 17.0. The van der Waals surface area contributed by atoms with Crippen molar-refractivity contribution in [3.05, 3.63) is 29.3 Å². The van der Waals surface area contributed by atoms with E-state index in [9.17, 15) is 14.7 Å². The molecule has 4 nitrogen and oxygen atoms in total. The van der Waals surface area contributed by atoms with Gasteiger partial charge in [0.15, 0.2) is 5.78 Å². The van der Waals surface area contributed by atoms with Crippen molar-refractivity contribution in [2.24, 2.45) is 11.3 Å². The van der Waals surface area contributed by atoms with Crippen LogP contribution < -0.4 is 4.74 Å². The Kier molecular flexibility index (Phi) is 3.82. The summed E-state index contributed by atoms with van der Waals surface area (Å²) in [4.78, 5) is 24.4. The first-order valence-corrected chi connectivity index (χ1v) is 8.77. The van der Waals surface area contributed by atoms with Crippen LogP contribution in [-0.2, 0) is 10.2 Å². The van der Waals surface area contributed by atoms with Gasteiger partial charge in [-0.3, -0.25) is 9.59 Å². The van der Waals surface area contributed by atoms with E-state index >= 15 is 0 Å². The number of alkyl halides is 1. The van der Waals surface area contributed by atoms with Gasteiger partial charge in [-0.25, -0.2) is 0 Å². The molecule has 0 amide bonds. The van der Waals surface area contributed by atoms with Gasteiger partial charge in [-0.15, -0.1) is 0 Å². The summed E-state index contributed by atoms with van der Waals surface area (Å²) in [5, 5.41) is 9.85. The standard InChI is InChI=1S/C18H21BrO4/c1-17-7-4-8-18(2,16(21)22)15(17)13(19)14(20)11-6-5-10(23-3)9-12(11)17/h5-6,9,13,15H,4,7-8H2,1-3H3,(H,21,22)/t13-,15-,17-,18-/m1/s1. The Hall–Kier alpha value is -1.36. The number of ketones is 1. The number of carbonyl (C=O) groups is 2. The van der Waals surface area contributed by atoms with Gasteiger partial charge in [-0.2, -0.15) is 0 Å². The summed E-state index contributed by atoms with van der Waals surface area (Å²) in [5.41, 5.74) is 0.324. The molecule has 3 rings (SSSR count). The summed E-state index contributed by atoms with van der Waals surface area (Å²) < 4.78 is 5.33. The first kappa shape index (κ1) is 16.5. The Morgan fingerprint density at radius 1 is 1.35 bits per heavy atom. The number of carboxylic acid groups (broad SMARTS) is 1. The van der Waals surface area contributed by atoms with Gasteiger partial charge in [0.2, 0.25) is 0 Å². The second kappa shape index (κ2) is 5.33. The molecule has 0 saturated heterocycles. The minimum absolute atomic E-state index is 0.0282. The fourth-order valence-corrected chi connectivity index (χ4v) is 6.08. The third-order valence-electron chi connectivity index (χ3n) is 5.90. The topological polar surface area (TPSA) is 63.6 Å². The molecule has 1 saturated carbocycles. The monoisotopic (exact) mass is 380 g/mol. The first-order valence-electron chi connectivity index (χ1n) is 7.86. The molecule has 0 heterocycles. The Labute approximate surface area is 144 Å². The molecule has 2 aliphatic rings. The quantitative estimate of drug-likeness (QED) is 0.792. The summed E-state index contributed by atoms with van der Waals surface area (Å²) in [6.45, 7) is 3.88. The van der Waals surface area contributed by atoms with E-state index in [0.717, 1.165) is 18.4 Å². The van der Waals surface area contributed by atoms with E-state index in [0.29, 0.717) is 17.7 Å². The van der Waals surface area contributed by atoms with Crippen molar-refractivity contribution in [1.29, 1.82) is 0 Å². The van der Waals surface area contributed by atoms with Crippen LogP contribution in [0, 0.1) is 11.3 Å². The molecule has 1 aromatic carbocycles. The van der Waals surface area contributed by atoms with Crippen LogP contribution in [0.4, 0.5) is 0 Å². The predicted molar refractivity (Wildman–Crippen MR) is 90.5 cm³/mol. The highest BCUT2D eigenvalue weighted by Gasteiger charge is 2.60. The highest BCUT2D eigenvalue weighted by molar-refractivity contribution is 9.10. The number of benzene rings is 1. The van der Waals surface area contributed by atoms with Crippen molar-refractivity contribution in [2.75, 3.05) is 7.11 Å². The number of aliphatic carboxylic acids is 1. The molecule has 23 heavy (non-hydrogen) atoms. The van der Waals surface area contributed by atoms with Crippen LogP contribution in [-0.4, -0.2) is 28.8 Å². The number of methoxy groups -OCH3 is 1. The number of halogens is 1. The van der Waals surface area contributed by atoms with Crippen LogP contribution >= 0.6 is 15.9 Å². The minimum Gasteiger partial charge on any atom is -0.497 e.